The Hall–Kier alpha value is -3.41. The van der Waals surface area contributed by atoms with Crippen LogP contribution < -0.4 is 0 Å². The van der Waals surface area contributed by atoms with Gasteiger partial charge >= 0.3 is 17.9 Å². The Morgan fingerprint density at radius 3 is 2.31 bits per heavy atom. The molecule has 36 heavy (non-hydrogen) atoms. The third-order valence-electron chi connectivity index (χ3n) is 7.17. The van der Waals surface area contributed by atoms with E-state index in [1.54, 1.807) is 36.4 Å². The number of ether oxygens (including phenoxy) is 3. The second-order valence-electron chi connectivity index (χ2n) is 9.76. The van der Waals surface area contributed by atoms with Gasteiger partial charge in [-0.05, 0) is 42.7 Å². The average Bonchev–Trinajstić information content (AvgIpc) is 3.41. The van der Waals surface area contributed by atoms with Gasteiger partial charge in [-0.25, -0.2) is 9.59 Å². The normalized spacial score (nSPS) is 24.7. The monoisotopic (exact) mass is 490 g/mol. The summed E-state index contributed by atoms with van der Waals surface area (Å²) in [7, 11) is 0. The molecule has 0 spiro atoms. The fourth-order valence-corrected chi connectivity index (χ4v) is 5.11. The smallest absolute Gasteiger partial charge is 0.338 e. The highest BCUT2D eigenvalue weighted by molar-refractivity contribution is 5.90. The summed E-state index contributed by atoms with van der Waals surface area (Å²) in [4.78, 5) is 37.6. The van der Waals surface area contributed by atoms with Crippen LogP contribution in [0.3, 0.4) is 0 Å². The minimum absolute atomic E-state index is 0.0706. The van der Waals surface area contributed by atoms with Gasteiger partial charge in [0.25, 0.3) is 0 Å². The molecule has 1 aliphatic heterocycles. The van der Waals surface area contributed by atoms with E-state index >= 15 is 0 Å². The van der Waals surface area contributed by atoms with Gasteiger partial charge in [0, 0.05) is 18.3 Å². The molecule has 4 rings (SSSR count). The molecule has 6 heteroatoms. The summed E-state index contributed by atoms with van der Waals surface area (Å²) in [5.74, 6) is -1.15. The number of fused-ring (bicyclic) bond motifs is 1. The quantitative estimate of drug-likeness (QED) is 0.239. The van der Waals surface area contributed by atoms with Crippen LogP contribution in [0.15, 0.2) is 72.8 Å². The molecule has 6 atom stereocenters. The molecule has 2 aromatic rings. The maximum atomic E-state index is 12.8. The van der Waals surface area contributed by atoms with Crippen LogP contribution >= 0.6 is 0 Å². The molecule has 1 saturated carbocycles. The Labute approximate surface area is 212 Å². The zero-order valence-corrected chi connectivity index (χ0v) is 20.9. The standard InChI is InChI=1S/C30H34O6/c1-3-4-11-20(2)25(35-29(32)21-12-7-5-8-13-21)17-16-23-24-18-28(31)34-27(24)19-26(23)36-30(33)22-14-9-6-10-15-22/h5-10,12-17,20,23-27H,3-4,11,18-19H2,1-2H3/b17-16+/t20?,23-,24-,25-,26-,27+/m1/s1. The van der Waals surface area contributed by atoms with Gasteiger partial charge in [0.1, 0.15) is 18.3 Å². The molecule has 2 fully saturated rings. The van der Waals surface area contributed by atoms with Gasteiger partial charge in [-0.2, -0.15) is 0 Å². The first-order chi connectivity index (χ1) is 17.5. The second-order valence-corrected chi connectivity index (χ2v) is 9.76. The number of hydrogen-bond acceptors (Lipinski definition) is 6. The van der Waals surface area contributed by atoms with Crippen LogP contribution in [0.5, 0.6) is 0 Å². The van der Waals surface area contributed by atoms with Gasteiger partial charge in [-0.3, -0.25) is 4.79 Å². The number of carbonyl (C=O) groups is 3. The first kappa shape index (κ1) is 25.7. The molecule has 1 unspecified atom stereocenters. The zero-order chi connectivity index (χ0) is 25.5. The van der Waals surface area contributed by atoms with E-state index in [-0.39, 0.29) is 35.8 Å². The topological polar surface area (TPSA) is 78.9 Å². The third kappa shape index (κ3) is 6.23. The Morgan fingerprint density at radius 1 is 1.03 bits per heavy atom. The highest BCUT2D eigenvalue weighted by Gasteiger charge is 2.50. The Bertz CT molecular complexity index is 1060. The zero-order valence-electron chi connectivity index (χ0n) is 20.9. The lowest BCUT2D eigenvalue weighted by Gasteiger charge is -2.24. The number of hydrogen-bond donors (Lipinski definition) is 0. The van der Waals surface area contributed by atoms with E-state index in [9.17, 15) is 14.4 Å². The van der Waals surface area contributed by atoms with Crippen LogP contribution in [-0.4, -0.2) is 36.2 Å². The van der Waals surface area contributed by atoms with E-state index in [2.05, 4.69) is 13.8 Å². The first-order valence-electron chi connectivity index (χ1n) is 12.9. The summed E-state index contributed by atoms with van der Waals surface area (Å²) in [5, 5.41) is 0. The summed E-state index contributed by atoms with van der Waals surface area (Å²) in [6.45, 7) is 4.21. The molecule has 0 bridgehead atoms. The SMILES string of the molecule is CCCCC(C)[C@@H](/C=C/[C@@H]1[C@H]2CC(=O)O[C@H]2C[C@H]1OC(=O)c1ccccc1)OC(=O)c1ccccc1. The minimum atomic E-state index is -0.438. The van der Waals surface area contributed by atoms with E-state index in [1.165, 1.54) is 0 Å². The maximum Gasteiger partial charge on any atom is 0.338 e. The minimum Gasteiger partial charge on any atom is -0.462 e. The molecule has 0 amide bonds. The molecule has 6 nitrogen and oxygen atoms in total. The van der Waals surface area contributed by atoms with Crippen molar-refractivity contribution in [3.8, 4) is 0 Å². The van der Waals surface area contributed by atoms with Crippen LogP contribution in [0.1, 0.15) is 66.7 Å². The summed E-state index contributed by atoms with van der Waals surface area (Å²) < 4.78 is 17.4. The van der Waals surface area contributed by atoms with Crippen molar-refractivity contribution >= 4 is 17.9 Å². The number of unbranched alkanes of at least 4 members (excludes halogenated alkanes) is 1. The molecule has 2 aliphatic rings. The lowest BCUT2D eigenvalue weighted by Crippen LogP contribution is -2.27. The summed E-state index contributed by atoms with van der Waals surface area (Å²) >= 11 is 0. The molecule has 0 radical (unpaired) electrons. The highest BCUT2D eigenvalue weighted by Crippen LogP contribution is 2.44. The van der Waals surface area contributed by atoms with Crippen molar-refractivity contribution in [2.75, 3.05) is 0 Å². The van der Waals surface area contributed by atoms with Gasteiger partial charge in [0.2, 0.25) is 0 Å². The molecule has 1 aliphatic carbocycles. The van der Waals surface area contributed by atoms with Gasteiger partial charge in [0.05, 0.1) is 17.5 Å². The van der Waals surface area contributed by atoms with Crippen LogP contribution in [0.4, 0.5) is 0 Å². The lowest BCUT2D eigenvalue weighted by atomic mass is 9.89. The summed E-state index contributed by atoms with van der Waals surface area (Å²) in [6, 6.07) is 17.8. The Balaban J connectivity index is 1.53. The van der Waals surface area contributed by atoms with Crippen LogP contribution in [0.2, 0.25) is 0 Å². The van der Waals surface area contributed by atoms with Crippen molar-refractivity contribution in [2.24, 2.45) is 17.8 Å². The Morgan fingerprint density at radius 2 is 1.67 bits per heavy atom. The van der Waals surface area contributed by atoms with E-state index in [0.29, 0.717) is 24.0 Å². The number of carbonyl (C=O) groups excluding carboxylic acids is 3. The van der Waals surface area contributed by atoms with E-state index in [4.69, 9.17) is 14.2 Å². The van der Waals surface area contributed by atoms with Crippen molar-refractivity contribution < 1.29 is 28.6 Å². The van der Waals surface area contributed by atoms with Gasteiger partial charge in [-0.1, -0.05) is 69.2 Å². The molecular formula is C30H34O6. The average molecular weight is 491 g/mol. The fraction of sp³-hybridized carbons (Fsp3) is 0.433. The largest absolute Gasteiger partial charge is 0.462 e. The first-order valence-corrected chi connectivity index (χ1v) is 12.9. The van der Waals surface area contributed by atoms with Gasteiger partial charge in [-0.15, -0.1) is 0 Å². The predicted octanol–water partition coefficient (Wildman–Crippen LogP) is 5.77. The van der Waals surface area contributed by atoms with E-state index in [0.717, 1.165) is 19.3 Å². The predicted molar refractivity (Wildman–Crippen MR) is 135 cm³/mol. The molecule has 0 N–H and O–H groups in total. The van der Waals surface area contributed by atoms with E-state index in [1.807, 2.05) is 36.4 Å². The highest BCUT2D eigenvalue weighted by atomic mass is 16.6. The van der Waals surface area contributed by atoms with Crippen LogP contribution in [-0.2, 0) is 19.0 Å². The number of benzene rings is 2. The van der Waals surface area contributed by atoms with Crippen molar-refractivity contribution in [1.82, 2.24) is 0 Å². The molecule has 1 saturated heterocycles. The maximum absolute atomic E-state index is 12.8. The van der Waals surface area contributed by atoms with Crippen LogP contribution in [0.25, 0.3) is 0 Å². The van der Waals surface area contributed by atoms with Gasteiger partial charge < -0.3 is 14.2 Å². The van der Waals surface area contributed by atoms with Crippen molar-refractivity contribution in [1.29, 1.82) is 0 Å². The molecule has 2 aromatic carbocycles. The Kier molecular flexibility index (Phi) is 8.57. The van der Waals surface area contributed by atoms with Crippen LogP contribution in [0, 0.1) is 17.8 Å². The number of rotatable bonds is 10. The second kappa shape index (κ2) is 12.0. The molecule has 190 valence electrons. The molecule has 1 heterocycles. The lowest BCUT2D eigenvalue weighted by molar-refractivity contribution is -0.141. The molecule has 0 aromatic heterocycles. The summed E-state index contributed by atoms with van der Waals surface area (Å²) in [6.07, 6.45) is 6.50. The van der Waals surface area contributed by atoms with Crippen molar-refractivity contribution in [3.63, 3.8) is 0 Å². The van der Waals surface area contributed by atoms with Crippen molar-refractivity contribution in [2.45, 2.75) is 64.3 Å². The van der Waals surface area contributed by atoms with Gasteiger partial charge in [0.15, 0.2) is 0 Å². The van der Waals surface area contributed by atoms with Crippen molar-refractivity contribution in [3.05, 3.63) is 83.9 Å². The summed E-state index contributed by atoms with van der Waals surface area (Å²) in [5.41, 5.74) is 0.987. The fourth-order valence-electron chi connectivity index (χ4n) is 5.11. The van der Waals surface area contributed by atoms with E-state index < -0.39 is 18.2 Å². The third-order valence-corrected chi connectivity index (χ3v) is 7.17. The number of esters is 3. The molecular weight excluding hydrogens is 456 g/mol.